The molecule has 0 aromatic carbocycles. The highest BCUT2D eigenvalue weighted by Crippen LogP contribution is 2.40. The molecule has 6 nitrogen and oxygen atoms in total. The van der Waals surface area contributed by atoms with Gasteiger partial charge in [0.05, 0.1) is 5.75 Å². The van der Waals surface area contributed by atoms with Gasteiger partial charge >= 0.3 is 6.03 Å². The first-order valence-electron chi connectivity index (χ1n) is 7.63. The van der Waals surface area contributed by atoms with E-state index in [-0.39, 0.29) is 17.7 Å². The van der Waals surface area contributed by atoms with Gasteiger partial charge in [-0.05, 0) is 31.7 Å². The Labute approximate surface area is 141 Å². The molecule has 1 N–H and O–H groups in total. The van der Waals surface area contributed by atoms with Crippen LogP contribution in [0.5, 0.6) is 0 Å². The standard InChI is InChI=1S/C15H16N4O2S2/c1-8-17-13(22-7-11(20)19-6-5-16-15(19)21)12-9-3-2-4-10(9)23-14(12)18-8/h2-7H2,1H3,(H,16,21). The van der Waals surface area contributed by atoms with Gasteiger partial charge in [-0.3, -0.25) is 9.69 Å². The van der Waals surface area contributed by atoms with Crippen molar-refractivity contribution in [2.75, 3.05) is 18.8 Å². The zero-order valence-corrected chi connectivity index (χ0v) is 14.4. The molecule has 1 aliphatic carbocycles. The summed E-state index contributed by atoms with van der Waals surface area (Å²) in [6.07, 6.45) is 3.37. The van der Waals surface area contributed by atoms with E-state index in [1.54, 1.807) is 11.3 Å². The summed E-state index contributed by atoms with van der Waals surface area (Å²) in [5, 5.41) is 4.65. The molecule has 120 valence electrons. The minimum atomic E-state index is -0.295. The molecular formula is C15H16N4O2S2. The predicted molar refractivity (Wildman–Crippen MR) is 90.0 cm³/mol. The Morgan fingerprint density at radius 2 is 2.26 bits per heavy atom. The van der Waals surface area contributed by atoms with Crippen molar-refractivity contribution in [3.05, 3.63) is 16.3 Å². The van der Waals surface area contributed by atoms with Crippen molar-refractivity contribution < 1.29 is 9.59 Å². The normalized spacial score (nSPS) is 16.9. The number of nitrogens with zero attached hydrogens (tertiary/aromatic N) is 3. The lowest BCUT2D eigenvalue weighted by Gasteiger charge is -2.12. The van der Waals surface area contributed by atoms with Crippen molar-refractivity contribution in [3.8, 4) is 0 Å². The molecule has 2 aliphatic rings. The summed E-state index contributed by atoms with van der Waals surface area (Å²) in [6.45, 7) is 2.86. The molecule has 0 spiro atoms. The van der Waals surface area contributed by atoms with E-state index in [4.69, 9.17) is 0 Å². The number of thioether (sulfide) groups is 1. The number of nitrogens with one attached hydrogen (secondary N) is 1. The van der Waals surface area contributed by atoms with Gasteiger partial charge in [0.15, 0.2) is 0 Å². The van der Waals surface area contributed by atoms with E-state index in [9.17, 15) is 9.59 Å². The predicted octanol–water partition coefficient (Wildman–Crippen LogP) is 2.13. The zero-order chi connectivity index (χ0) is 16.0. The Kier molecular flexibility index (Phi) is 3.73. The third-order valence-corrected chi connectivity index (χ3v) is 6.28. The molecule has 4 rings (SSSR count). The second-order valence-electron chi connectivity index (χ2n) is 5.68. The highest BCUT2D eigenvalue weighted by atomic mass is 32.2. The number of amides is 3. The van der Waals surface area contributed by atoms with Gasteiger partial charge in [0.1, 0.15) is 15.7 Å². The zero-order valence-electron chi connectivity index (χ0n) is 12.7. The number of hydrogen-bond donors (Lipinski definition) is 1. The average Bonchev–Trinajstić information content (AvgIpc) is 3.19. The van der Waals surface area contributed by atoms with Crippen molar-refractivity contribution >= 4 is 45.3 Å². The van der Waals surface area contributed by atoms with Crippen LogP contribution in [0.15, 0.2) is 5.03 Å². The highest BCUT2D eigenvalue weighted by molar-refractivity contribution is 8.00. The Hall–Kier alpha value is -1.67. The molecule has 0 bridgehead atoms. The number of carbonyl (C=O) groups excluding carboxylic acids is 2. The first-order valence-corrected chi connectivity index (χ1v) is 9.43. The number of thiophene rings is 1. The lowest BCUT2D eigenvalue weighted by atomic mass is 10.2. The number of rotatable bonds is 3. The monoisotopic (exact) mass is 348 g/mol. The van der Waals surface area contributed by atoms with Gasteiger partial charge in [-0.2, -0.15) is 0 Å². The minimum absolute atomic E-state index is 0.165. The number of urea groups is 1. The van der Waals surface area contributed by atoms with E-state index in [1.807, 2.05) is 6.92 Å². The first kappa shape index (κ1) is 14.9. The van der Waals surface area contributed by atoms with Gasteiger partial charge in [-0.25, -0.2) is 14.8 Å². The summed E-state index contributed by atoms with van der Waals surface area (Å²) in [5.74, 6) is 0.788. The van der Waals surface area contributed by atoms with Crippen LogP contribution in [0, 0.1) is 6.92 Å². The molecule has 1 fully saturated rings. The smallest absolute Gasteiger partial charge is 0.324 e. The van der Waals surface area contributed by atoms with Crippen LogP contribution in [0.3, 0.4) is 0 Å². The lowest BCUT2D eigenvalue weighted by molar-refractivity contribution is -0.124. The molecule has 0 saturated carbocycles. The fourth-order valence-electron chi connectivity index (χ4n) is 3.09. The second kappa shape index (κ2) is 5.76. The number of aromatic nitrogens is 2. The topological polar surface area (TPSA) is 75.2 Å². The molecule has 1 saturated heterocycles. The van der Waals surface area contributed by atoms with Crippen molar-refractivity contribution in [2.45, 2.75) is 31.2 Å². The summed E-state index contributed by atoms with van der Waals surface area (Å²) >= 11 is 3.17. The molecular weight excluding hydrogens is 332 g/mol. The summed E-state index contributed by atoms with van der Waals surface area (Å²) in [6, 6.07) is -0.295. The molecule has 2 aromatic rings. The summed E-state index contributed by atoms with van der Waals surface area (Å²) in [7, 11) is 0. The van der Waals surface area contributed by atoms with Gasteiger partial charge in [-0.15, -0.1) is 11.3 Å². The van der Waals surface area contributed by atoms with Gasteiger partial charge < -0.3 is 5.32 Å². The van der Waals surface area contributed by atoms with Crippen LogP contribution in [0.1, 0.15) is 22.7 Å². The Bertz CT molecular complexity index is 817. The van der Waals surface area contributed by atoms with Gasteiger partial charge in [0, 0.05) is 23.4 Å². The molecule has 8 heteroatoms. The molecule has 23 heavy (non-hydrogen) atoms. The number of hydrogen-bond acceptors (Lipinski definition) is 6. The Balaban J connectivity index is 1.61. The van der Waals surface area contributed by atoms with Crippen molar-refractivity contribution in [2.24, 2.45) is 0 Å². The third-order valence-electron chi connectivity index (χ3n) is 4.13. The first-order chi connectivity index (χ1) is 11.1. The van der Waals surface area contributed by atoms with Crippen molar-refractivity contribution in [1.82, 2.24) is 20.2 Å². The molecule has 1 aliphatic heterocycles. The summed E-state index contributed by atoms with van der Waals surface area (Å²) in [5.41, 5.74) is 1.36. The lowest BCUT2D eigenvalue weighted by Crippen LogP contribution is -2.35. The van der Waals surface area contributed by atoms with E-state index in [0.29, 0.717) is 13.1 Å². The largest absolute Gasteiger partial charge is 0.336 e. The molecule has 2 aromatic heterocycles. The Morgan fingerprint density at radius 1 is 1.39 bits per heavy atom. The Morgan fingerprint density at radius 3 is 3.04 bits per heavy atom. The molecule has 3 heterocycles. The van der Waals surface area contributed by atoms with Crippen LogP contribution >= 0.6 is 23.1 Å². The third kappa shape index (κ3) is 2.59. The van der Waals surface area contributed by atoms with E-state index in [2.05, 4.69) is 15.3 Å². The fourth-order valence-corrected chi connectivity index (χ4v) is 5.43. The van der Waals surface area contributed by atoms with Crippen LogP contribution in [-0.4, -0.2) is 45.6 Å². The summed E-state index contributed by atoms with van der Waals surface area (Å²) in [4.78, 5) is 36.6. The van der Waals surface area contributed by atoms with E-state index >= 15 is 0 Å². The van der Waals surface area contributed by atoms with E-state index in [1.165, 1.54) is 33.5 Å². The maximum atomic E-state index is 12.2. The SMILES string of the molecule is Cc1nc(SCC(=O)N2CCNC2=O)c2c3c(sc2n1)CCC3. The van der Waals surface area contributed by atoms with Crippen LogP contribution in [-0.2, 0) is 17.6 Å². The van der Waals surface area contributed by atoms with Crippen molar-refractivity contribution in [1.29, 1.82) is 0 Å². The van der Waals surface area contributed by atoms with Crippen LogP contribution in [0.2, 0.25) is 0 Å². The average molecular weight is 348 g/mol. The van der Waals surface area contributed by atoms with Gasteiger partial charge in [0.25, 0.3) is 0 Å². The van der Waals surface area contributed by atoms with E-state index in [0.717, 1.165) is 33.9 Å². The molecule has 0 radical (unpaired) electrons. The van der Waals surface area contributed by atoms with Crippen LogP contribution in [0.25, 0.3) is 10.2 Å². The van der Waals surface area contributed by atoms with Crippen LogP contribution in [0.4, 0.5) is 4.79 Å². The molecule has 3 amide bonds. The number of carbonyl (C=O) groups is 2. The maximum absolute atomic E-state index is 12.2. The quantitative estimate of drug-likeness (QED) is 0.679. The van der Waals surface area contributed by atoms with Crippen LogP contribution < -0.4 is 5.32 Å². The van der Waals surface area contributed by atoms with Gasteiger partial charge in [-0.1, -0.05) is 11.8 Å². The summed E-state index contributed by atoms with van der Waals surface area (Å²) < 4.78 is 0. The number of fused-ring (bicyclic) bond motifs is 3. The second-order valence-corrected chi connectivity index (χ2v) is 7.73. The number of aryl methyl sites for hydroxylation is 3. The van der Waals surface area contributed by atoms with Crippen molar-refractivity contribution in [3.63, 3.8) is 0 Å². The van der Waals surface area contributed by atoms with Gasteiger partial charge in [0.2, 0.25) is 5.91 Å². The fraction of sp³-hybridized carbons (Fsp3) is 0.467. The minimum Gasteiger partial charge on any atom is -0.336 e. The maximum Gasteiger partial charge on any atom is 0.324 e. The van der Waals surface area contributed by atoms with E-state index < -0.39 is 0 Å². The number of imide groups is 1. The highest BCUT2D eigenvalue weighted by Gasteiger charge is 2.27. The molecule has 0 unspecified atom stereocenters. The molecule has 0 atom stereocenters.